The maximum absolute atomic E-state index is 4.75. The molecule has 1 unspecified atom stereocenters. The van der Waals surface area contributed by atoms with Gasteiger partial charge >= 0.3 is 0 Å². The first-order chi connectivity index (χ1) is 11.8. The van der Waals surface area contributed by atoms with Gasteiger partial charge in [-0.1, -0.05) is 37.3 Å². The van der Waals surface area contributed by atoms with E-state index in [0.717, 1.165) is 25.6 Å². The van der Waals surface area contributed by atoms with Crippen LogP contribution in [0.25, 0.3) is 0 Å². The molecule has 4 nitrogen and oxygen atoms in total. The first kappa shape index (κ1) is 22.2. The fraction of sp³-hybridized carbons (Fsp3) is 0.650. The van der Waals surface area contributed by atoms with Crippen molar-refractivity contribution in [2.45, 2.75) is 45.4 Å². The summed E-state index contributed by atoms with van der Waals surface area (Å²) in [6.07, 6.45) is 5.24. The van der Waals surface area contributed by atoms with Gasteiger partial charge in [-0.3, -0.25) is 4.99 Å². The van der Waals surface area contributed by atoms with Gasteiger partial charge in [0, 0.05) is 25.6 Å². The van der Waals surface area contributed by atoms with Crippen molar-refractivity contribution in [1.82, 2.24) is 15.5 Å². The van der Waals surface area contributed by atoms with E-state index in [1.165, 1.54) is 50.9 Å². The number of nitrogens with one attached hydrogen (secondary N) is 2. The van der Waals surface area contributed by atoms with E-state index in [0.29, 0.717) is 5.92 Å². The lowest BCUT2D eigenvalue weighted by Gasteiger charge is -2.16. The van der Waals surface area contributed by atoms with Gasteiger partial charge in [-0.2, -0.15) is 0 Å². The second-order valence-electron chi connectivity index (χ2n) is 6.71. The normalized spacial score (nSPS) is 16.3. The highest BCUT2D eigenvalue weighted by Gasteiger charge is 2.10. The van der Waals surface area contributed by atoms with E-state index in [9.17, 15) is 0 Å². The molecule has 0 aliphatic carbocycles. The molecule has 0 aromatic heterocycles. The number of nitrogens with zero attached hydrogens (tertiary/aromatic N) is 2. The lowest BCUT2D eigenvalue weighted by atomic mass is 10.0. The maximum Gasteiger partial charge on any atom is 0.191 e. The molecule has 1 aromatic carbocycles. The van der Waals surface area contributed by atoms with Gasteiger partial charge < -0.3 is 15.5 Å². The zero-order valence-electron chi connectivity index (χ0n) is 15.8. The summed E-state index contributed by atoms with van der Waals surface area (Å²) in [5.41, 5.74) is 1.35. The molecule has 5 heteroatoms. The Morgan fingerprint density at radius 1 is 1.12 bits per heavy atom. The Morgan fingerprint density at radius 2 is 1.84 bits per heavy atom. The van der Waals surface area contributed by atoms with E-state index in [2.05, 4.69) is 59.7 Å². The molecule has 1 fully saturated rings. The number of halogens is 1. The molecule has 2 N–H and O–H groups in total. The average Bonchev–Trinajstić information content (AvgIpc) is 3.13. The second kappa shape index (κ2) is 13.4. The van der Waals surface area contributed by atoms with E-state index >= 15 is 0 Å². The van der Waals surface area contributed by atoms with Crippen LogP contribution in [0.5, 0.6) is 0 Å². The molecule has 1 atom stereocenters. The molecule has 0 spiro atoms. The topological polar surface area (TPSA) is 39.7 Å². The van der Waals surface area contributed by atoms with Crippen molar-refractivity contribution in [2.75, 3.05) is 39.3 Å². The Labute approximate surface area is 170 Å². The van der Waals surface area contributed by atoms with Crippen LogP contribution in [-0.4, -0.2) is 50.1 Å². The van der Waals surface area contributed by atoms with Gasteiger partial charge in [0.05, 0.1) is 0 Å². The molecule has 1 saturated heterocycles. The van der Waals surface area contributed by atoms with Crippen LogP contribution in [0.1, 0.15) is 51.0 Å². The molecule has 0 radical (unpaired) electrons. The van der Waals surface area contributed by atoms with Gasteiger partial charge in [-0.25, -0.2) is 0 Å². The molecule has 25 heavy (non-hydrogen) atoms. The van der Waals surface area contributed by atoms with Crippen molar-refractivity contribution in [3.8, 4) is 0 Å². The van der Waals surface area contributed by atoms with Gasteiger partial charge in [-0.05, 0) is 57.8 Å². The SMILES string of the molecule is CCNC(=NCC(C)c1ccccc1)NCCCCN1CCCC1.I. The predicted molar refractivity (Wildman–Crippen MR) is 119 cm³/mol. The second-order valence-corrected chi connectivity index (χ2v) is 6.71. The molecule has 2 rings (SSSR count). The van der Waals surface area contributed by atoms with Crippen LogP contribution in [0.15, 0.2) is 35.3 Å². The molecule has 0 saturated carbocycles. The average molecular weight is 458 g/mol. The third-order valence-corrected chi connectivity index (χ3v) is 4.63. The predicted octanol–water partition coefficient (Wildman–Crippen LogP) is 3.84. The number of unbranched alkanes of at least 4 members (excludes halogenated alkanes) is 1. The zero-order valence-corrected chi connectivity index (χ0v) is 18.2. The van der Waals surface area contributed by atoms with Crippen LogP contribution in [0.4, 0.5) is 0 Å². The third kappa shape index (κ3) is 8.90. The van der Waals surface area contributed by atoms with Gasteiger partial charge in [0.25, 0.3) is 0 Å². The quantitative estimate of drug-likeness (QED) is 0.256. The molecule has 1 aliphatic heterocycles. The third-order valence-electron chi connectivity index (χ3n) is 4.63. The number of hydrogen-bond acceptors (Lipinski definition) is 2. The van der Waals surface area contributed by atoms with Crippen LogP contribution in [-0.2, 0) is 0 Å². The van der Waals surface area contributed by atoms with Crippen LogP contribution in [0.2, 0.25) is 0 Å². The highest BCUT2D eigenvalue weighted by Crippen LogP contribution is 2.14. The molecule has 0 amide bonds. The van der Waals surface area contributed by atoms with Gasteiger partial charge in [0.15, 0.2) is 5.96 Å². The van der Waals surface area contributed by atoms with Crippen molar-refractivity contribution in [3.63, 3.8) is 0 Å². The van der Waals surface area contributed by atoms with Crippen LogP contribution >= 0.6 is 24.0 Å². The maximum atomic E-state index is 4.75. The van der Waals surface area contributed by atoms with Crippen molar-refractivity contribution in [3.05, 3.63) is 35.9 Å². The van der Waals surface area contributed by atoms with Crippen molar-refractivity contribution in [1.29, 1.82) is 0 Å². The minimum absolute atomic E-state index is 0. The Kier molecular flexibility index (Phi) is 11.9. The Bertz CT molecular complexity index is 472. The Morgan fingerprint density at radius 3 is 2.52 bits per heavy atom. The van der Waals surface area contributed by atoms with E-state index in [4.69, 9.17) is 4.99 Å². The van der Waals surface area contributed by atoms with Gasteiger partial charge in [0.2, 0.25) is 0 Å². The number of benzene rings is 1. The summed E-state index contributed by atoms with van der Waals surface area (Å²) in [6, 6.07) is 10.6. The van der Waals surface area contributed by atoms with Crippen molar-refractivity contribution >= 4 is 29.9 Å². The largest absolute Gasteiger partial charge is 0.357 e. The van der Waals surface area contributed by atoms with Crippen LogP contribution in [0.3, 0.4) is 0 Å². The van der Waals surface area contributed by atoms with E-state index < -0.39 is 0 Å². The summed E-state index contributed by atoms with van der Waals surface area (Å²) in [6.45, 7) is 10.9. The van der Waals surface area contributed by atoms with Crippen LogP contribution < -0.4 is 10.6 Å². The Balaban J connectivity index is 0.00000312. The summed E-state index contributed by atoms with van der Waals surface area (Å²) >= 11 is 0. The van der Waals surface area contributed by atoms with E-state index in [1.54, 1.807) is 0 Å². The number of aliphatic imine (C=N–C) groups is 1. The lowest BCUT2D eigenvalue weighted by molar-refractivity contribution is 0.330. The first-order valence-electron chi connectivity index (χ1n) is 9.59. The van der Waals surface area contributed by atoms with Crippen molar-refractivity contribution in [2.24, 2.45) is 4.99 Å². The molecule has 0 bridgehead atoms. The van der Waals surface area contributed by atoms with E-state index in [1.807, 2.05) is 0 Å². The molecular formula is C20H35IN4. The summed E-state index contributed by atoms with van der Waals surface area (Å²) in [5, 5.41) is 6.82. The monoisotopic (exact) mass is 458 g/mol. The number of rotatable bonds is 9. The smallest absolute Gasteiger partial charge is 0.191 e. The minimum Gasteiger partial charge on any atom is -0.357 e. The number of likely N-dealkylation sites (tertiary alicyclic amines) is 1. The molecule has 142 valence electrons. The zero-order chi connectivity index (χ0) is 17.0. The van der Waals surface area contributed by atoms with Gasteiger partial charge in [-0.15, -0.1) is 24.0 Å². The summed E-state index contributed by atoms with van der Waals surface area (Å²) in [7, 11) is 0. The first-order valence-corrected chi connectivity index (χ1v) is 9.59. The summed E-state index contributed by atoms with van der Waals surface area (Å²) < 4.78 is 0. The van der Waals surface area contributed by atoms with E-state index in [-0.39, 0.29) is 24.0 Å². The van der Waals surface area contributed by atoms with Crippen molar-refractivity contribution < 1.29 is 0 Å². The highest BCUT2D eigenvalue weighted by atomic mass is 127. The standard InChI is InChI=1S/C20H34N4.HI/c1-3-21-20(22-13-7-8-14-24-15-9-10-16-24)23-17-18(2)19-11-5-4-6-12-19;/h4-6,11-12,18H,3,7-10,13-17H2,1-2H3,(H2,21,22,23);1H. The lowest BCUT2D eigenvalue weighted by Crippen LogP contribution is -2.38. The highest BCUT2D eigenvalue weighted by molar-refractivity contribution is 14.0. The van der Waals surface area contributed by atoms with Gasteiger partial charge in [0.1, 0.15) is 0 Å². The van der Waals surface area contributed by atoms with Crippen LogP contribution in [0, 0.1) is 0 Å². The fourth-order valence-corrected chi connectivity index (χ4v) is 3.13. The molecule has 1 aromatic rings. The fourth-order valence-electron chi connectivity index (χ4n) is 3.13. The molecule has 1 heterocycles. The minimum atomic E-state index is 0. The molecule has 1 aliphatic rings. The number of guanidine groups is 1. The summed E-state index contributed by atoms with van der Waals surface area (Å²) in [5.74, 6) is 1.39. The number of hydrogen-bond donors (Lipinski definition) is 2. The molecular weight excluding hydrogens is 423 g/mol. The Hall–Kier alpha value is -0.820. The summed E-state index contributed by atoms with van der Waals surface area (Å²) in [4.78, 5) is 7.33.